The minimum atomic E-state index is -3.36. The summed E-state index contributed by atoms with van der Waals surface area (Å²) in [6, 6.07) is 0.0929. The fraction of sp³-hybridized carbons (Fsp3) is 1.00. The molecule has 0 aromatic heterocycles. The van der Waals surface area contributed by atoms with E-state index in [4.69, 9.17) is 5.11 Å². The normalized spacial score (nSPS) is 19.2. The Morgan fingerprint density at radius 3 is 2.50 bits per heavy atom. The molecule has 0 spiro atoms. The maximum absolute atomic E-state index is 11.8. The van der Waals surface area contributed by atoms with Crippen LogP contribution in [0, 0.1) is 0 Å². The quantitative estimate of drug-likeness (QED) is 0.720. The maximum atomic E-state index is 11.8. The molecular weight excluding hydrogens is 228 g/mol. The minimum Gasteiger partial charge on any atom is -0.396 e. The number of rotatable bonds is 6. The van der Waals surface area contributed by atoms with Crippen molar-refractivity contribution in [2.24, 2.45) is 0 Å². The molecule has 0 unspecified atom stereocenters. The summed E-state index contributed by atoms with van der Waals surface area (Å²) < 4.78 is 27.7. The van der Waals surface area contributed by atoms with Gasteiger partial charge >= 0.3 is 0 Å². The van der Waals surface area contributed by atoms with Gasteiger partial charge in [0.25, 0.3) is 10.2 Å². The van der Waals surface area contributed by atoms with Gasteiger partial charge in [-0.25, -0.2) is 0 Å². The van der Waals surface area contributed by atoms with Gasteiger partial charge in [-0.2, -0.15) is 17.4 Å². The largest absolute Gasteiger partial charge is 0.396 e. The standard InChI is InChI=1S/C10H22N2O3S/c1-12(8-5-9-13)16(14,15)11-10-6-3-2-4-7-10/h10-11,13H,2-9H2,1H3. The summed E-state index contributed by atoms with van der Waals surface area (Å²) in [7, 11) is -1.82. The van der Waals surface area contributed by atoms with Crippen LogP contribution in [0.3, 0.4) is 0 Å². The molecule has 6 heteroatoms. The first-order chi connectivity index (χ1) is 7.56. The molecule has 1 rings (SSSR count). The van der Waals surface area contributed by atoms with Gasteiger partial charge in [0.2, 0.25) is 0 Å². The lowest BCUT2D eigenvalue weighted by Crippen LogP contribution is -2.44. The zero-order chi connectivity index (χ0) is 12.0. The lowest BCUT2D eigenvalue weighted by molar-refractivity contribution is 0.274. The molecule has 0 aromatic rings. The molecule has 1 aliphatic rings. The molecule has 5 nitrogen and oxygen atoms in total. The summed E-state index contributed by atoms with van der Waals surface area (Å²) in [5, 5.41) is 8.66. The summed E-state index contributed by atoms with van der Waals surface area (Å²) in [4.78, 5) is 0. The molecule has 1 saturated carbocycles. The highest BCUT2D eigenvalue weighted by Crippen LogP contribution is 2.18. The number of hydrogen-bond donors (Lipinski definition) is 2. The van der Waals surface area contributed by atoms with Gasteiger partial charge < -0.3 is 5.11 Å². The van der Waals surface area contributed by atoms with Crippen LogP contribution in [0.2, 0.25) is 0 Å². The fourth-order valence-electron chi connectivity index (χ4n) is 1.93. The van der Waals surface area contributed by atoms with E-state index in [1.165, 1.54) is 10.7 Å². The Labute approximate surface area is 98.0 Å². The Hall–Kier alpha value is -0.170. The monoisotopic (exact) mass is 250 g/mol. The van der Waals surface area contributed by atoms with Crippen LogP contribution in [-0.2, 0) is 10.2 Å². The van der Waals surface area contributed by atoms with Gasteiger partial charge in [-0.1, -0.05) is 19.3 Å². The molecule has 0 heterocycles. The molecule has 0 aromatic carbocycles. The van der Waals surface area contributed by atoms with Crippen molar-refractivity contribution < 1.29 is 13.5 Å². The second-order valence-corrected chi connectivity index (χ2v) is 6.17. The summed E-state index contributed by atoms with van der Waals surface area (Å²) in [5.41, 5.74) is 0. The summed E-state index contributed by atoms with van der Waals surface area (Å²) in [5.74, 6) is 0. The van der Waals surface area contributed by atoms with E-state index in [2.05, 4.69) is 4.72 Å². The van der Waals surface area contributed by atoms with Crippen molar-refractivity contribution >= 4 is 10.2 Å². The molecule has 0 amide bonds. The zero-order valence-electron chi connectivity index (χ0n) is 9.85. The Kier molecular flexibility index (Phi) is 5.68. The number of nitrogens with one attached hydrogen (secondary N) is 1. The van der Waals surface area contributed by atoms with Crippen molar-refractivity contribution in [1.82, 2.24) is 9.03 Å². The average Bonchev–Trinajstić information content (AvgIpc) is 2.26. The van der Waals surface area contributed by atoms with E-state index >= 15 is 0 Å². The van der Waals surface area contributed by atoms with E-state index < -0.39 is 10.2 Å². The van der Waals surface area contributed by atoms with Gasteiger partial charge in [0.05, 0.1) is 0 Å². The molecule has 16 heavy (non-hydrogen) atoms. The predicted octanol–water partition coefficient (Wildman–Crippen LogP) is 0.468. The van der Waals surface area contributed by atoms with Crippen molar-refractivity contribution in [2.75, 3.05) is 20.2 Å². The third-order valence-electron chi connectivity index (χ3n) is 2.96. The first-order valence-electron chi connectivity index (χ1n) is 5.90. The molecule has 1 aliphatic carbocycles. The van der Waals surface area contributed by atoms with Crippen LogP contribution in [0.15, 0.2) is 0 Å². The lowest BCUT2D eigenvalue weighted by Gasteiger charge is -2.25. The summed E-state index contributed by atoms with van der Waals surface area (Å²) in [6.07, 6.45) is 5.77. The van der Waals surface area contributed by atoms with Crippen LogP contribution in [0.25, 0.3) is 0 Å². The molecule has 0 atom stereocenters. The molecular formula is C10H22N2O3S. The van der Waals surface area contributed by atoms with Crippen molar-refractivity contribution in [3.63, 3.8) is 0 Å². The lowest BCUT2D eigenvalue weighted by atomic mass is 9.96. The second-order valence-electron chi connectivity index (χ2n) is 4.36. The van der Waals surface area contributed by atoms with Crippen LogP contribution in [0.1, 0.15) is 38.5 Å². The number of hydrogen-bond acceptors (Lipinski definition) is 3. The number of aliphatic hydroxyl groups is 1. The smallest absolute Gasteiger partial charge is 0.279 e. The van der Waals surface area contributed by atoms with Gasteiger partial charge in [-0.3, -0.25) is 0 Å². The zero-order valence-corrected chi connectivity index (χ0v) is 10.7. The molecule has 1 fully saturated rings. The van der Waals surface area contributed by atoms with Gasteiger partial charge in [-0.05, 0) is 19.3 Å². The van der Waals surface area contributed by atoms with Crippen molar-refractivity contribution in [3.8, 4) is 0 Å². The molecule has 96 valence electrons. The van der Waals surface area contributed by atoms with Crippen LogP contribution < -0.4 is 4.72 Å². The number of aliphatic hydroxyl groups excluding tert-OH is 1. The third kappa shape index (κ3) is 4.37. The Bertz CT molecular complexity index is 286. The average molecular weight is 250 g/mol. The van der Waals surface area contributed by atoms with Crippen LogP contribution in [0.5, 0.6) is 0 Å². The van der Waals surface area contributed by atoms with Crippen molar-refractivity contribution in [3.05, 3.63) is 0 Å². The van der Waals surface area contributed by atoms with E-state index in [-0.39, 0.29) is 12.6 Å². The molecule has 0 radical (unpaired) electrons. The molecule has 0 bridgehead atoms. The van der Waals surface area contributed by atoms with E-state index in [0.717, 1.165) is 25.7 Å². The van der Waals surface area contributed by atoms with Crippen LogP contribution in [-0.4, -0.2) is 44.1 Å². The number of nitrogens with zero attached hydrogens (tertiary/aromatic N) is 1. The van der Waals surface area contributed by atoms with Gasteiger partial charge in [0, 0.05) is 26.2 Å². The van der Waals surface area contributed by atoms with Crippen LogP contribution >= 0.6 is 0 Å². The Balaban J connectivity index is 2.42. The molecule has 0 aliphatic heterocycles. The van der Waals surface area contributed by atoms with E-state index in [9.17, 15) is 8.42 Å². The maximum Gasteiger partial charge on any atom is 0.279 e. The topological polar surface area (TPSA) is 69.6 Å². The Morgan fingerprint density at radius 2 is 1.94 bits per heavy atom. The minimum absolute atomic E-state index is 0.0172. The predicted molar refractivity (Wildman–Crippen MR) is 63.3 cm³/mol. The van der Waals surface area contributed by atoms with E-state index in [1.807, 2.05) is 0 Å². The van der Waals surface area contributed by atoms with Gasteiger partial charge in [0.1, 0.15) is 0 Å². The highest BCUT2D eigenvalue weighted by molar-refractivity contribution is 7.87. The SMILES string of the molecule is CN(CCCO)S(=O)(=O)NC1CCCCC1. The molecule has 0 saturated heterocycles. The summed E-state index contributed by atoms with van der Waals surface area (Å²) in [6.45, 7) is 0.377. The first-order valence-corrected chi connectivity index (χ1v) is 7.34. The summed E-state index contributed by atoms with van der Waals surface area (Å²) >= 11 is 0. The highest BCUT2D eigenvalue weighted by atomic mass is 32.2. The first kappa shape index (κ1) is 13.9. The van der Waals surface area contributed by atoms with E-state index in [0.29, 0.717) is 13.0 Å². The second kappa shape index (κ2) is 6.54. The highest BCUT2D eigenvalue weighted by Gasteiger charge is 2.23. The fourth-order valence-corrected chi connectivity index (χ4v) is 3.14. The van der Waals surface area contributed by atoms with Crippen molar-refractivity contribution in [1.29, 1.82) is 0 Å². The molecule has 2 N–H and O–H groups in total. The Morgan fingerprint density at radius 1 is 1.31 bits per heavy atom. The van der Waals surface area contributed by atoms with Gasteiger partial charge in [-0.15, -0.1) is 0 Å². The third-order valence-corrected chi connectivity index (χ3v) is 4.60. The van der Waals surface area contributed by atoms with E-state index in [1.54, 1.807) is 7.05 Å². The van der Waals surface area contributed by atoms with Crippen molar-refractivity contribution in [2.45, 2.75) is 44.6 Å². The van der Waals surface area contributed by atoms with Gasteiger partial charge in [0.15, 0.2) is 0 Å². The van der Waals surface area contributed by atoms with Crippen LogP contribution in [0.4, 0.5) is 0 Å².